The van der Waals surface area contributed by atoms with Crippen LogP contribution in [-0.4, -0.2) is 12.6 Å². The Labute approximate surface area is 137 Å². The fraction of sp³-hybridized carbons (Fsp3) is 0.526. The highest BCUT2D eigenvalue weighted by Crippen LogP contribution is 2.41. The van der Waals surface area contributed by atoms with Crippen LogP contribution in [0.3, 0.4) is 0 Å². The minimum Gasteiger partial charge on any atom is -0.454 e. The highest BCUT2D eigenvalue weighted by molar-refractivity contribution is 5.96. The first-order valence-electron chi connectivity index (χ1n) is 8.38. The number of carbonyl (C=O) groups excluding carboxylic acids is 1. The summed E-state index contributed by atoms with van der Waals surface area (Å²) < 4.78 is 10.7. The molecule has 1 atom stereocenters. The first kappa shape index (κ1) is 15.9. The van der Waals surface area contributed by atoms with Gasteiger partial charge >= 0.3 is 0 Å². The van der Waals surface area contributed by atoms with Gasteiger partial charge < -0.3 is 14.8 Å². The lowest BCUT2D eigenvalue weighted by Gasteiger charge is -2.36. The van der Waals surface area contributed by atoms with Crippen LogP contribution in [0.15, 0.2) is 30.0 Å². The molecule has 23 heavy (non-hydrogen) atoms. The van der Waals surface area contributed by atoms with Crippen molar-refractivity contribution in [3.8, 4) is 11.5 Å². The molecule has 1 aromatic rings. The second-order valence-electron chi connectivity index (χ2n) is 7.09. The number of hydrogen-bond donors (Lipinski definition) is 1. The van der Waals surface area contributed by atoms with Gasteiger partial charge in [0.1, 0.15) is 0 Å². The summed E-state index contributed by atoms with van der Waals surface area (Å²) in [5, 5.41) is 3.25. The molecule has 1 aromatic carbocycles. The molecule has 124 valence electrons. The second-order valence-corrected chi connectivity index (χ2v) is 7.09. The van der Waals surface area contributed by atoms with E-state index in [4.69, 9.17) is 9.47 Å². The molecule has 0 aromatic heterocycles. The van der Waals surface area contributed by atoms with Gasteiger partial charge in [-0.3, -0.25) is 4.79 Å². The van der Waals surface area contributed by atoms with Gasteiger partial charge in [0.25, 0.3) is 0 Å². The van der Waals surface area contributed by atoms with Crippen LogP contribution in [0.1, 0.15) is 46.5 Å². The largest absolute Gasteiger partial charge is 0.454 e. The van der Waals surface area contributed by atoms with Gasteiger partial charge in [0, 0.05) is 29.9 Å². The van der Waals surface area contributed by atoms with Crippen LogP contribution in [0.4, 0.5) is 5.69 Å². The maximum Gasteiger partial charge on any atom is 0.231 e. The standard InChI is InChI=1S/C19H25NO3/c1-4-19(2,3)14-5-7-16(21)13(9-14)11-20-15-6-8-17-18(10-15)23-12-22-17/h6,8,10-11,14,20H,4-5,7,9,12H2,1-3H3/b13-11+/t14-/m1/s1. The van der Waals surface area contributed by atoms with E-state index in [2.05, 4.69) is 26.1 Å². The van der Waals surface area contributed by atoms with Crippen LogP contribution in [0.5, 0.6) is 11.5 Å². The molecule has 0 radical (unpaired) electrons. The van der Waals surface area contributed by atoms with Crippen LogP contribution < -0.4 is 14.8 Å². The van der Waals surface area contributed by atoms with Gasteiger partial charge in [-0.2, -0.15) is 0 Å². The average Bonchev–Trinajstić information content (AvgIpc) is 3.01. The Kier molecular flexibility index (Phi) is 4.33. The summed E-state index contributed by atoms with van der Waals surface area (Å²) in [4.78, 5) is 12.2. The molecule has 0 bridgehead atoms. The van der Waals surface area contributed by atoms with E-state index < -0.39 is 0 Å². The molecule has 1 heterocycles. The Bertz CT molecular complexity index is 634. The van der Waals surface area contributed by atoms with Crippen LogP contribution in [0.2, 0.25) is 0 Å². The van der Waals surface area contributed by atoms with E-state index in [1.807, 2.05) is 24.4 Å². The smallest absolute Gasteiger partial charge is 0.231 e. The van der Waals surface area contributed by atoms with Gasteiger partial charge in [-0.1, -0.05) is 27.2 Å². The number of allylic oxidation sites excluding steroid dienone is 1. The molecule has 1 aliphatic carbocycles. The number of ketones is 1. The number of nitrogens with one attached hydrogen (secondary N) is 1. The van der Waals surface area contributed by atoms with Gasteiger partial charge in [0.05, 0.1) is 0 Å². The van der Waals surface area contributed by atoms with Crippen molar-refractivity contribution in [1.29, 1.82) is 0 Å². The zero-order chi connectivity index (χ0) is 16.4. The molecule has 0 spiro atoms. The van der Waals surface area contributed by atoms with E-state index in [-0.39, 0.29) is 18.0 Å². The molecular weight excluding hydrogens is 290 g/mol. The number of ether oxygens (including phenoxy) is 2. The highest BCUT2D eigenvalue weighted by Gasteiger charge is 2.33. The molecule has 1 aliphatic heterocycles. The average molecular weight is 315 g/mol. The summed E-state index contributed by atoms with van der Waals surface area (Å²) in [5.74, 6) is 2.34. The molecule has 3 rings (SSSR count). The maximum absolute atomic E-state index is 12.2. The quantitative estimate of drug-likeness (QED) is 0.830. The van der Waals surface area contributed by atoms with E-state index >= 15 is 0 Å². The third-order valence-corrected chi connectivity index (χ3v) is 5.35. The fourth-order valence-corrected chi connectivity index (χ4v) is 3.20. The van der Waals surface area contributed by atoms with E-state index in [0.717, 1.165) is 42.0 Å². The van der Waals surface area contributed by atoms with Gasteiger partial charge in [0.15, 0.2) is 17.3 Å². The molecule has 2 aliphatic rings. The van der Waals surface area contributed by atoms with Crippen molar-refractivity contribution in [3.63, 3.8) is 0 Å². The molecular formula is C19H25NO3. The summed E-state index contributed by atoms with van der Waals surface area (Å²) in [5.41, 5.74) is 2.09. The van der Waals surface area contributed by atoms with Crippen LogP contribution in [0, 0.1) is 11.3 Å². The molecule has 4 heteroatoms. The Morgan fingerprint density at radius 3 is 2.87 bits per heavy atom. The third kappa shape index (κ3) is 3.36. The number of Topliss-reactive ketones (excluding diaryl/α,β-unsaturated/α-hetero) is 1. The van der Waals surface area contributed by atoms with E-state index in [9.17, 15) is 4.79 Å². The zero-order valence-corrected chi connectivity index (χ0v) is 14.1. The number of hydrogen-bond acceptors (Lipinski definition) is 4. The van der Waals surface area contributed by atoms with Gasteiger partial charge in [-0.15, -0.1) is 0 Å². The summed E-state index contributed by atoms with van der Waals surface area (Å²) in [6.45, 7) is 7.10. The highest BCUT2D eigenvalue weighted by atomic mass is 16.7. The predicted octanol–water partition coefficient (Wildman–Crippen LogP) is 4.52. The number of carbonyl (C=O) groups is 1. The minimum absolute atomic E-state index is 0.265. The molecule has 4 nitrogen and oxygen atoms in total. The lowest BCUT2D eigenvalue weighted by molar-refractivity contribution is -0.117. The maximum atomic E-state index is 12.2. The van der Waals surface area contributed by atoms with Gasteiger partial charge in [0.2, 0.25) is 6.79 Å². The van der Waals surface area contributed by atoms with Crippen molar-refractivity contribution in [2.75, 3.05) is 12.1 Å². The van der Waals surface area contributed by atoms with Crippen molar-refractivity contribution in [2.45, 2.75) is 46.5 Å². The van der Waals surface area contributed by atoms with Crippen molar-refractivity contribution in [1.82, 2.24) is 0 Å². The SMILES string of the molecule is CCC(C)(C)[C@@H]1CCC(=O)/C(=C/Nc2ccc3c(c2)OCO3)C1. The summed E-state index contributed by atoms with van der Waals surface area (Å²) in [6, 6.07) is 5.72. The number of anilines is 1. The van der Waals surface area contributed by atoms with Crippen LogP contribution in [0.25, 0.3) is 0 Å². The normalized spacial score (nSPS) is 22.5. The third-order valence-electron chi connectivity index (χ3n) is 5.35. The monoisotopic (exact) mass is 315 g/mol. The Morgan fingerprint density at radius 1 is 1.30 bits per heavy atom. The fourth-order valence-electron chi connectivity index (χ4n) is 3.20. The molecule has 1 fully saturated rings. The van der Waals surface area contributed by atoms with Gasteiger partial charge in [-0.25, -0.2) is 0 Å². The first-order chi connectivity index (χ1) is 11.0. The number of fused-ring (bicyclic) bond motifs is 1. The lowest BCUT2D eigenvalue weighted by Crippen LogP contribution is -2.29. The Hall–Kier alpha value is -1.97. The van der Waals surface area contributed by atoms with Crippen LogP contribution in [-0.2, 0) is 4.79 Å². The van der Waals surface area contributed by atoms with Crippen molar-refractivity contribution in [2.24, 2.45) is 11.3 Å². The van der Waals surface area contributed by atoms with Crippen molar-refractivity contribution < 1.29 is 14.3 Å². The predicted molar refractivity (Wildman–Crippen MR) is 90.7 cm³/mol. The molecule has 0 saturated heterocycles. The molecule has 1 saturated carbocycles. The van der Waals surface area contributed by atoms with Crippen molar-refractivity contribution in [3.05, 3.63) is 30.0 Å². The number of rotatable bonds is 4. The lowest BCUT2D eigenvalue weighted by atomic mass is 9.68. The summed E-state index contributed by atoms with van der Waals surface area (Å²) in [6.07, 6.45) is 5.52. The zero-order valence-electron chi connectivity index (χ0n) is 14.1. The first-order valence-corrected chi connectivity index (χ1v) is 8.38. The summed E-state index contributed by atoms with van der Waals surface area (Å²) in [7, 11) is 0. The van der Waals surface area contributed by atoms with E-state index in [1.165, 1.54) is 0 Å². The van der Waals surface area contributed by atoms with Gasteiger partial charge in [-0.05, 0) is 36.3 Å². The van der Waals surface area contributed by atoms with Crippen LogP contribution >= 0.6 is 0 Å². The molecule has 0 amide bonds. The molecule has 1 N–H and O–H groups in total. The van der Waals surface area contributed by atoms with E-state index in [0.29, 0.717) is 12.3 Å². The Balaban J connectivity index is 1.71. The topological polar surface area (TPSA) is 47.6 Å². The number of benzene rings is 1. The molecule has 0 unspecified atom stereocenters. The minimum atomic E-state index is 0.265. The second kappa shape index (κ2) is 6.26. The summed E-state index contributed by atoms with van der Waals surface area (Å²) >= 11 is 0. The van der Waals surface area contributed by atoms with Crippen molar-refractivity contribution >= 4 is 11.5 Å². The van der Waals surface area contributed by atoms with E-state index in [1.54, 1.807) is 0 Å². The Morgan fingerprint density at radius 2 is 2.09 bits per heavy atom.